The van der Waals surface area contributed by atoms with Crippen molar-refractivity contribution in [2.24, 2.45) is 0 Å². The minimum atomic E-state index is -0.517. The largest absolute Gasteiger partial charge is 0.383 e. The number of aryl methyl sites for hydroxylation is 1. The highest BCUT2D eigenvalue weighted by molar-refractivity contribution is 5.99. The molecule has 0 spiro atoms. The monoisotopic (exact) mass is 353 g/mol. The molecule has 2 aromatic heterocycles. The number of benzene rings is 1. The average Bonchev–Trinajstić information content (AvgIpc) is 3.13. The number of carbonyl (C=O) groups excluding carboxylic acids is 1. The van der Waals surface area contributed by atoms with E-state index in [1.807, 2.05) is 25.4 Å². The molecule has 0 aliphatic heterocycles. The van der Waals surface area contributed by atoms with Crippen LogP contribution in [-0.4, -0.2) is 22.5 Å². The summed E-state index contributed by atoms with van der Waals surface area (Å²) in [7, 11) is 0. The maximum atomic E-state index is 14.0. The smallest absolute Gasteiger partial charge is 0.323 e. The molecule has 0 aliphatic rings. The fourth-order valence-corrected chi connectivity index (χ4v) is 2.44. The van der Waals surface area contributed by atoms with Crippen molar-refractivity contribution in [3.63, 3.8) is 0 Å². The van der Waals surface area contributed by atoms with E-state index in [-0.39, 0.29) is 5.69 Å². The molecule has 1 aromatic carbocycles. The van der Waals surface area contributed by atoms with Gasteiger partial charge in [0.15, 0.2) is 0 Å². The number of H-pyrrole nitrogens is 1. The molecule has 4 N–H and O–H groups in total. The van der Waals surface area contributed by atoms with Gasteiger partial charge in [0.2, 0.25) is 0 Å². The number of rotatable bonds is 6. The Balaban J connectivity index is 1.57. The lowest BCUT2D eigenvalue weighted by Gasteiger charge is -2.10. The lowest BCUT2D eigenvalue weighted by atomic mass is 10.1. The van der Waals surface area contributed by atoms with E-state index in [0.29, 0.717) is 18.7 Å². The molecule has 0 aliphatic carbocycles. The summed E-state index contributed by atoms with van der Waals surface area (Å²) in [6.45, 7) is 2.56. The Bertz CT molecular complexity index is 862. The van der Waals surface area contributed by atoms with Crippen molar-refractivity contribution in [1.29, 1.82) is 0 Å². The Labute approximate surface area is 150 Å². The number of carbonyl (C=O) groups is 1. The number of amides is 2. The highest BCUT2D eigenvalue weighted by Crippen LogP contribution is 2.17. The molecule has 0 radical (unpaired) electrons. The Morgan fingerprint density at radius 2 is 2.04 bits per heavy atom. The number of halogens is 1. The van der Waals surface area contributed by atoms with E-state index in [0.717, 1.165) is 16.9 Å². The fourth-order valence-electron chi connectivity index (χ4n) is 2.44. The van der Waals surface area contributed by atoms with Crippen molar-refractivity contribution in [3.05, 3.63) is 72.1 Å². The Morgan fingerprint density at radius 1 is 1.15 bits per heavy atom. The lowest BCUT2D eigenvalue weighted by Crippen LogP contribution is -2.20. The SMILES string of the molecule is Cc1ccc(NC(=O)Nc2cc(CCNc3cc[nH]c3)ccc2F)cn1. The van der Waals surface area contributed by atoms with Gasteiger partial charge < -0.3 is 20.9 Å². The minimum absolute atomic E-state index is 0.140. The molecular weight excluding hydrogens is 333 g/mol. The second-order valence-corrected chi connectivity index (χ2v) is 5.86. The number of nitrogens with zero attached hydrogens (tertiary/aromatic N) is 1. The van der Waals surface area contributed by atoms with Gasteiger partial charge in [-0.05, 0) is 49.2 Å². The van der Waals surface area contributed by atoms with E-state index in [9.17, 15) is 9.18 Å². The third-order valence-electron chi connectivity index (χ3n) is 3.79. The fraction of sp³-hybridized carbons (Fsp3) is 0.158. The quantitative estimate of drug-likeness (QED) is 0.537. The van der Waals surface area contributed by atoms with Gasteiger partial charge >= 0.3 is 6.03 Å². The summed E-state index contributed by atoms with van der Waals surface area (Å²) in [4.78, 5) is 19.1. The summed E-state index contributed by atoms with van der Waals surface area (Å²) in [5.41, 5.74) is 3.45. The van der Waals surface area contributed by atoms with Gasteiger partial charge in [0.1, 0.15) is 5.82 Å². The Kier molecular flexibility index (Phi) is 5.48. The van der Waals surface area contributed by atoms with Gasteiger partial charge in [-0.15, -0.1) is 0 Å². The van der Waals surface area contributed by atoms with Gasteiger partial charge in [0.25, 0.3) is 0 Å². The molecule has 7 heteroatoms. The van der Waals surface area contributed by atoms with E-state index in [1.54, 1.807) is 30.5 Å². The highest BCUT2D eigenvalue weighted by atomic mass is 19.1. The molecule has 0 unspecified atom stereocenters. The Morgan fingerprint density at radius 3 is 2.77 bits per heavy atom. The molecule has 0 fully saturated rings. The first-order chi connectivity index (χ1) is 12.6. The zero-order valence-corrected chi connectivity index (χ0v) is 14.3. The summed E-state index contributed by atoms with van der Waals surface area (Å²) < 4.78 is 14.0. The van der Waals surface area contributed by atoms with Crippen LogP contribution in [0.25, 0.3) is 0 Å². The molecule has 26 heavy (non-hydrogen) atoms. The molecule has 2 heterocycles. The molecule has 2 amide bonds. The van der Waals surface area contributed by atoms with Gasteiger partial charge in [0.05, 0.1) is 23.3 Å². The second-order valence-electron chi connectivity index (χ2n) is 5.86. The first-order valence-corrected chi connectivity index (χ1v) is 8.26. The second kappa shape index (κ2) is 8.15. The van der Waals surface area contributed by atoms with Gasteiger partial charge in [-0.2, -0.15) is 0 Å². The predicted octanol–water partition coefficient (Wildman–Crippen LogP) is 4.16. The van der Waals surface area contributed by atoms with Crippen LogP contribution in [0.1, 0.15) is 11.3 Å². The van der Waals surface area contributed by atoms with E-state index in [2.05, 4.69) is 25.9 Å². The van der Waals surface area contributed by atoms with E-state index < -0.39 is 11.8 Å². The van der Waals surface area contributed by atoms with Crippen LogP contribution in [0.3, 0.4) is 0 Å². The zero-order valence-electron chi connectivity index (χ0n) is 14.3. The topological polar surface area (TPSA) is 81.8 Å². The van der Waals surface area contributed by atoms with Crippen molar-refractivity contribution in [1.82, 2.24) is 9.97 Å². The average molecular weight is 353 g/mol. The predicted molar refractivity (Wildman–Crippen MR) is 101 cm³/mol. The number of anilines is 3. The lowest BCUT2D eigenvalue weighted by molar-refractivity contribution is 0.262. The van der Waals surface area contributed by atoms with Crippen LogP contribution in [0.2, 0.25) is 0 Å². The zero-order chi connectivity index (χ0) is 18.4. The third kappa shape index (κ3) is 4.83. The molecule has 0 saturated carbocycles. The number of aromatic nitrogens is 2. The first kappa shape index (κ1) is 17.5. The van der Waals surface area contributed by atoms with Crippen molar-refractivity contribution in [2.45, 2.75) is 13.3 Å². The van der Waals surface area contributed by atoms with Crippen LogP contribution in [0.4, 0.5) is 26.2 Å². The maximum Gasteiger partial charge on any atom is 0.323 e. The van der Waals surface area contributed by atoms with E-state index in [4.69, 9.17) is 0 Å². The molecule has 3 aromatic rings. The van der Waals surface area contributed by atoms with Gasteiger partial charge in [-0.1, -0.05) is 6.07 Å². The molecule has 0 bridgehead atoms. The number of aromatic amines is 1. The number of urea groups is 1. The highest BCUT2D eigenvalue weighted by Gasteiger charge is 2.08. The van der Waals surface area contributed by atoms with Crippen LogP contribution in [0.15, 0.2) is 55.0 Å². The number of hydrogen-bond donors (Lipinski definition) is 4. The summed E-state index contributed by atoms with van der Waals surface area (Å²) in [5, 5.41) is 8.42. The minimum Gasteiger partial charge on any atom is -0.383 e. The van der Waals surface area contributed by atoms with Crippen molar-refractivity contribution < 1.29 is 9.18 Å². The number of nitrogens with one attached hydrogen (secondary N) is 4. The summed E-state index contributed by atoms with van der Waals surface area (Å²) >= 11 is 0. The first-order valence-electron chi connectivity index (χ1n) is 8.26. The van der Waals surface area contributed by atoms with Crippen LogP contribution in [0.5, 0.6) is 0 Å². The van der Waals surface area contributed by atoms with Crippen molar-refractivity contribution in [3.8, 4) is 0 Å². The number of hydrogen-bond acceptors (Lipinski definition) is 3. The van der Waals surface area contributed by atoms with Gasteiger partial charge in [0, 0.05) is 24.6 Å². The summed E-state index contributed by atoms with van der Waals surface area (Å²) in [5.74, 6) is -0.482. The van der Waals surface area contributed by atoms with Crippen LogP contribution >= 0.6 is 0 Å². The molecule has 6 nitrogen and oxygen atoms in total. The molecule has 0 atom stereocenters. The molecule has 134 valence electrons. The number of pyridine rings is 1. The molecular formula is C19H20FN5O. The third-order valence-corrected chi connectivity index (χ3v) is 3.79. The van der Waals surface area contributed by atoms with Crippen molar-refractivity contribution >= 4 is 23.1 Å². The standard InChI is InChI=1S/C19H20FN5O/c1-13-2-4-16(12-23-13)24-19(26)25-18-10-14(3-5-17(18)20)6-9-22-15-7-8-21-11-15/h2-5,7-8,10-12,21-22H,6,9H2,1H3,(H2,24,25,26). The molecule has 3 rings (SSSR count). The normalized spacial score (nSPS) is 10.4. The van der Waals surface area contributed by atoms with Gasteiger partial charge in [-0.3, -0.25) is 4.98 Å². The van der Waals surface area contributed by atoms with Crippen molar-refractivity contribution in [2.75, 3.05) is 22.5 Å². The maximum absolute atomic E-state index is 14.0. The molecule has 0 saturated heterocycles. The van der Waals surface area contributed by atoms with E-state index >= 15 is 0 Å². The van der Waals surface area contributed by atoms with E-state index in [1.165, 1.54) is 6.07 Å². The van der Waals surface area contributed by atoms with Crippen LogP contribution < -0.4 is 16.0 Å². The van der Waals surface area contributed by atoms with Gasteiger partial charge in [-0.25, -0.2) is 9.18 Å². The van der Waals surface area contributed by atoms with Crippen LogP contribution in [-0.2, 0) is 6.42 Å². The summed E-state index contributed by atoms with van der Waals surface area (Å²) in [6, 6.07) is 9.64. The Hall–Kier alpha value is -3.35. The summed E-state index contributed by atoms with van der Waals surface area (Å²) in [6.07, 6.45) is 5.95. The van der Waals surface area contributed by atoms with Crippen LogP contribution in [0, 0.1) is 12.7 Å².